The van der Waals surface area contributed by atoms with E-state index in [2.05, 4.69) is 13.0 Å². The summed E-state index contributed by atoms with van der Waals surface area (Å²) < 4.78 is 10.1. The van der Waals surface area contributed by atoms with Crippen LogP contribution in [-0.2, 0) is 20.7 Å². The summed E-state index contributed by atoms with van der Waals surface area (Å²) in [6, 6.07) is 5.74. The van der Waals surface area contributed by atoms with Crippen LogP contribution in [0, 0.1) is 6.92 Å². The third-order valence-corrected chi connectivity index (χ3v) is 3.73. The molecule has 5 heteroatoms. The zero-order chi connectivity index (χ0) is 18.1. The van der Waals surface area contributed by atoms with Crippen LogP contribution in [0.15, 0.2) is 18.2 Å². The number of hydrogen-bond donors (Lipinski definition) is 0. The third-order valence-electron chi connectivity index (χ3n) is 3.73. The second-order valence-electron chi connectivity index (χ2n) is 6.15. The van der Waals surface area contributed by atoms with Crippen molar-refractivity contribution < 1.29 is 19.1 Å². The number of methoxy groups -OCH3 is 1. The Morgan fingerprint density at radius 3 is 2.46 bits per heavy atom. The molecule has 0 bridgehead atoms. The maximum atomic E-state index is 12.8. The van der Waals surface area contributed by atoms with E-state index in [1.807, 2.05) is 32.9 Å². The quantitative estimate of drug-likeness (QED) is 0.514. The number of nitrogens with zero attached hydrogens (tertiary/aromatic N) is 1. The van der Waals surface area contributed by atoms with E-state index in [1.54, 1.807) is 12.0 Å². The fourth-order valence-corrected chi connectivity index (χ4v) is 2.42. The minimum atomic E-state index is -0.392. The summed E-state index contributed by atoms with van der Waals surface area (Å²) in [5.74, 6) is -0.534. The zero-order valence-corrected chi connectivity index (χ0v) is 15.4. The molecule has 0 radical (unpaired) electrons. The van der Waals surface area contributed by atoms with Crippen LogP contribution < -0.4 is 0 Å². The van der Waals surface area contributed by atoms with Crippen molar-refractivity contribution in [1.29, 1.82) is 0 Å². The maximum absolute atomic E-state index is 12.8. The van der Waals surface area contributed by atoms with Gasteiger partial charge in [0.1, 0.15) is 6.54 Å². The van der Waals surface area contributed by atoms with Gasteiger partial charge >= 0.3 is 5.97 Å². The molecule has 0 unspecified atom stereocenters. The van der Waals surface area contributed by atoms with E-state index in [0.717, 1.165) is 17.5 Å². The lowest BCUT2D eigenvalue weighted by molar-refractivity contribution is -0.145. The largest absolute Gasteiger partial charge is 0.464 e. The van der Waals surface area contributed by atoms with Crippen molar-refractivity contribution in [3.8, 4) is 0 Å². The van der Waals surface area contributed by atoms with Crippen molar-refractivity contribution in [3.63, 3.8) is 0 Å². The molecule has 0 atom stereocenters. The minimum absolute atomic E-state index is 0.0428. The fraction of sp³-hybridized carbons (Fsp3) is 0.579. The Hall–Kier alpha value is -1.88. The Morgan fingerprint density at radius 2 is 1.88 bits per heavy atom. The first-order chi connectivity index (χ1) is 11.4. The lowest BCUT2D eigenvalue weighted by atomic mass is 10.0. The standard InChI is InChI=1S/C19H29NO4/c1-6-16-10-15(4)11-17(12-16)19(22)20(14(2)3)13-18(21)24-9-7-8-23-5/h10-12,14H,6-9,13H2,1-5H3. The highest BCUT2D eigenvalue weighted by Gasteiger charge is 2.22. The Morgan fingerprint density at radius 1 is 1.17 bits per heavy atom. The Balaban J connectivity index is 2.78. The van der Waals surface area contributed by atoms with Gasteiger partial charge in [0, 0.05) is 31.7 Å². The topological polar surface area (TPSA) is 55.8 Å². The molecule has 0 saturated heterocycles. The van der Waals surface area contributed by atoms with Crippen molar-refractivity contribution in [2.75, 3.05) is 26.9 Å². The molecule has 0 spiro atoms. The predicted molar refractivity (Wildman–Crippen MR) is 94.2 cm³/mol. The van der Waals surface area contributed by atoms with Gasteiger partial charge in [-0.1, -0.05) is 18.6 Å². The lowest BCUT2D eigenvalue weighted by Crippen LogP contribution is -2.41. The van der Waals surface area contributed by atoms with E-state index in [4.69, 9.17) is 9.47 Å². The molecule has 0 aliphatic carbocycles. The van der Waals surface area contributed by atoms with Gasteiger partial charge in [-0.25, -0.2) is 0 Å². The Bertz CT molecular complexity index is 554. The number of hydrogen-bond acceptors (Lipinski definition) is 4. The number of aryl methyl sites for hydroxylation is 2. The number of rotatable bonds is 9. The van der Waals surface area contributed by atoms with E-state index in [0.29, 0.717) is 25.2 Å². The number of carbonyl (C=O) groups excluding carboxylic acids is 2. The SMILES string of the molecule is CCc1cc(C)cc(C(=O)N(CC(=O)OCCCOC)C(C)C)c1. The highest BCUT2D eigenvalue weighted by molar-refractivity contribution is 5.96. The normalized spacial score (nSPS) is 10.8. The van der Waals surface area contributed by atoms with Gasteiger partial charge in [0.25, 0.3) is 5.91 Å². The smallest absolute Gasteiger partial charge is 0.325 e. The van der Waals surface area contributed by atoms with Crippen LogP contribution in [0.3, 0.4) is 0 Å². The number of esters is 1. The van der Waals surface area contributed by atoms with Crippen LogP contribution in [0.25, 0.3) is 0 Å². The van der Waals surface area contributed by atoms with Crippen LogP contribution >= 0.6 is 0 Å². The highest BCUT2D eigenvalue weighted by Crippen LogP contribution is 2.14. The minimum Gasteiger partial charge on any atom is -0.464 e. The van der Waals surface area contributed by atoms with Gasteiger partial charge in [0.05, 0.1) is 6.61 Å². The molecule has 1 aromatic carbocycles. The number of carbonyl (C=O) groups is 2. The molecule has 0 fully saturated rings. The van der Waals surface area contributed by atoms with Gasteiger partial charge in [0.2, 0.25) is 0 Å². The van der Waals surface area contributed by atoms with E-state index < -0.39 is 5.97 Å². The van der Waals surface area contributed by atoms with Gasteiger partial charge in [-0.2, -0.15) is 0 Å². The Kier molecular flexibility index (Phi) is 8.47. The molecule has 1 rings (SSSR count). The van der Waals surface area contributed by atoms with Crippen molar-refractivity contribution >= 4 is 11.9 Å². The first-order valence-electron chi connectivity index (χ1n) is 8.45. The second kappa shape index (κ2) is 10.1. The molecule has 1 amide bonds. The molecule has 0 heterocycles. The first kappa shape index (κ1) is 20.2. The average molecular weight is 335 g/mol. The fourth-order valence-electron chi connectivity index (χ4n) is 2.42. The van der Waals surface area contributed by atoms with E-state index in [1.165, 1.54) is 0 Å². The maximum Gasteiger partial charge on any atom is 0.325 e. The molecule has 0 aromatic heterocycles. The summed E-state index contributed by atoms with van der Waals surface area (Å²) in [6.07, 6.45) is 1.51. The average Bonchev–Trinajstić information content (AvgIpc) is 2.55. The van der Waals surface area contributed by atoms with Gasteiger partial charge in [-0.15, -0.1) is 0 Å². The molecule has 5 nitrogen and oxygen atoms in total. The van der Waals surface area contributed by atoms with Gasteiger partial charge < -0.3 is 14.4 Å². The van der Waals surface area contributed by atoms with Crippen LogP contribution in [-0.4, -0.2) is 49.7 Å². The first-order valence-corrected chi connectivity index (χ1v) is 8.45. The summed E-state index contributed by atoms with van der Waals surface area (Å²) in [6.45, 7) is 8.62. The molecule has 134 valence electrons. The molecule has 0 aliphatic rings. The van der Waals surface area contributed by atoms with E-state index >= 15 is 0 Å². The van der Waals surface area contributed by atoms with Crippen LogP contribution in [0.4, 0.5) is 0 Å². The monoisotopic (exact) mass is 335 g/mol. The van der Waals surface area contributed by atoms with Crippen LogP contribution in [0.1, 0.15) is 48.7 Å². The Labute approximate surface area is 144 Å². The van der Waals surface area contributed by atoms with Gasteiger partial charge in [-0.3, -0.25) is 9.59 Å². The van der Waals surface area contributed by atoms with Gasteiger partial charge in [0.15, 0.2) is 0 Å². The van der Waals surface area contributed by atoms with E-state index in [9.17, 15) is 9.59 Å². The second-order valence-corrected chi connectivity index (χ2v) is 6.15. The molecular formula is C19H29NO4. The van der Waals surface area contributed by atoms with Crippen molar-refractivity contribution in [1.82, 2.24) is 4.90 Å². The zero-order valence-electron chi connectivity index (χ0n) is 15.4. The molecule has 0 aliphatic heterocycles. The highest BCUT2D eigenvalue weighted by atomic mass is 16.5. The molecule has 0 N–H and O–H groups in total. The van der Waals surface area contributed by atoms with Crippen LogP contribution in [0.2, 0.25) is 0 Å². The van der Waals surface area contributed by atoms with E-state index in [-0.39, 0.29) is 18.5 Å². The molecule has 1 aromatic rings. The number of amides is 1. The molecular weight excluding hydrogens is 306 g/mol. The number of ether oxygens (including phenoxy) is 2. The number of benzene rings is 1. The summed E-state index contributed by atoms with van der Waals surface area (Å²) >= 11 is 0. The lowest BCUT2D eigenvalue weighted by Gasteiger charge is -2.26. The summed E-state index contributed by atoms with van der Waals surface area (Å²) in [4.78, 5) is 26.4. The third kappa shape index (κ3) is 6.32. The van der Waals surface area contributed by atoms with Crippen molar-refractivity contribution in [2.24, 2.45) is 0 Å². The van der Waals surface area contributed by atoms with Crippen molar-refractivity contribution in [2.45, 2.75) is 46.6 Å². The molecule has 24 heavy (non-hydrogen) atoms. The summed E-state index contributed by atoms with van der Waals surface area (Å²) in [5.41, 5.74) is 2.78. The van der Waals surface area contributed by atoms with Crippen LogP contribution in [0.5, 0.6) is 0 Å². The molecule has 0 saturated carbocycles. The van der Waals surface area contributed by atoms with Gasteiger partial charge in [-0.05, 0) is 44.9 Å². The van der Waals surface area contributed by atoms with Crippen molar-refractivity contribution in [3.05, 3.63) is 34.9 Å². The summed E-state index contributed by atoms with van der Waals surface area (Å²) in [7, 11) is 1.60. The predicted octanol–water partition coefficient (Wildman–Crippen LogP) is 2.99. The summed E-state index contributed by atoms with van der Waals surface area (Å²) in [5, 5.41) is 0.